The van der Waals surface area contributed by atoms with Crippen LogP contribution in [0.3, 0.4) is 0 Å². The van der Waals surface area contributed by atoms with E-state index in [9.17, 15) is 9.59 Å². The van der Waals surface area contributed by atoms with Crippen molar-refractivity contribution in [3.63, 3.8) is 0 Å². The predicted octanol–water partition coefficient (Wildman–Crippen LogP) is 2.62. The lowest BCUT2D eigenvalue weighted by Crippen LogP contribution is -2.37. The summed E-state index contributed by atoms with van der Waals surface area (Å²) in [6.45, 7) is 1.19. The van der Waals surface area contributed by atoms with E-state index in [0.29, 0.717) is 18.7 Å². The van der Waals surface area contributed by atoms with Crippen molar-refractivity contribution in [2.24, 2.45) is 0 Å². The Balaban J connectivity index is 1.87. The van der Waals surface area contributed by atoms with Crippen LogP contribution in [0.2, 0.25) is 0 Å². The van der Waals surface area contributed by atoms with Gasteiger partial charge in [0.25, 0.3) is 11.8 Å². The van der Waals surface area contributed by atoms with Gasteiger partial charge in [-0.1, -0.05) is 36.4 Å². The molecule has 0 atom stereocenters. The number of hydrogen-bond acceptors (Lipinski definition) is 3. The van der Waals surface area contributed by atoms with E-state index in [1.807, 2.05) is 55.5 Å². The van der Waals surface area contributed by atoms with E-state index in [4.69, 9.17) is 0 Å². The topological polar surface area (TPSA) is 77.2 Å². The summed E-state index contributed by atoms with van der Waals surface area (Å²) in [7, 11) is 3.87. The minimum atomic E-state index is -0.325. The molecule has 0 spiro atoms. The molecule has 0 bridgehead atoms. The maximum absolute atomic E-state index is 12.7. The molecule has 144 valence electrons. The van der Waals surface area contributed by atoms with Crippen LogP contribution < -0.4 is 10.6 Å². The molecule has 3 N–H and O–H groups in total. The number of H-pyrrole nitrogens is 1. The second-order valence-corrected chi connectivity index (χ2v) is 6.73. The molecule has 3 aromatic rings. The molecule has 0 aliphatic heterocycles. The second kappa shape index (κ2) is 9.01. The molecule has 0 saturated carbocycles. The normalized spacial score (nSPS) is 11.6. The van der Waals surface area contributed by atoms with Gasteiger partial charge in [-0.2, -0.15) is 0 Å². The number of nitrogens with zero attached hydrogens (tertiary/aromatic N) is 1. The number of rotatable bonds is 7. The van der Waals surface area contributed by atoms with Crippen LogP contribution in [0.4, 0.5) is 0 Å². The molecule has 1 aromatic heterocycles. The maximum atomic E-state index is 12.7. The summed E-state index contributed by atoms with van der Waals surface area (Å²) in [4.78, 5) is 30.5. The number of benzene rings is 2. The highest BCUT2D eigenvalue weighted by molar-refractivity contribution is 6.06. The van der Waals surface area contributed by atoms with Gasteiger partial charge in [-0.15, -0.1) is 0 Å². The number of carbonyl (C=O) groups excluding carboxylic acids is 2. The van der Waals surface area contributed by atoms with Crippen molar-refractivity contribution in [3.05, 3.63) is 77.6 Å². The van der Waals surface area contributed by atoms with E-state index in [1.165, 1.54) is 0 Å². The molecule has 0 saturated heterocycles. The van der Waals surface area contributed by atoms with Crippen LogP contribution in [-0.2, 0) is 4.79 Å². The first-order valence-corrected chi connectivity index (χ1v) is 9.12. The number of likely N-dealkylation sites (N-methyl/N-ethyl adjacent to an activating group) is 1. The van der Waals surface area contributed by atoms with Crippen molar-refractivity contribution in [1.82, 2.24) is 20.5 Å². The van der Waals surface area contributed by atoms with Crippen LogP contribution >= 0.6 is 0 Å². The van der Waals surface area contributed by atoms with Gasteiger partial charge in [0, 0.05) is 41.3 Å². The zero-order chi connectivity index (χ0) is 19.9. The lowest BCUT2D eigenvalue weighted by molar-refractivity contribution is -0.117. The number of carbonyl (C=O) groups is 2. The summed E-state index contributed by atoms with van der Waals surface area (Å²) in [5.41, 5.74) is 2.50. The Hall–Kier alpha value is -3.38. The first-order valence-electron chi connectivity index (χ1n) is 9.12. The van der Waals surface area contributed by atoms with E-state index >= 15 is 0 Å². The van der Waals surface area contributed by atoms with Crippen LogP contribution in [0, 0.1) is 0 Å². The van der Waals surface area contributed by atoms with Crippen molar-refractivity contribution >= 4 is 28.8 Å². The van der Waals surface area contributed by atoms with Gasteiger partial charge in [-0.05, 0) is 38.4 Å². The Bertz CT molecular complexity index is 990. The number of nitrogens with one attached hydrogen (secondary N) is 3. The lowest BCUT2D eigenvalue weighted by Gasteiger charge is -2.13. The second-order valence-electron chi connectivity index (χ2n) is 6.73. The Morgan fingerprint density at radius 3 is 2.50 bits per heavy atom. The largest absolute Gasteiger partial charge is 0.361 e. The SMILES string of the molecule is CN(C)CCNC(=O)/C(=C/c1c[nH]c2ccccc12)NC(=O)c1ccccc1. The summed E-state index contributed by atoms with van der Waals surface area (Å²) in [5, 5.41) is 6.60. The van der Waals surface area contributed by atoms with Crippen molar-refractivity contribution < 1.29 is 9.59 Å². The molecule has 2 aromatic carbocycles. The van der Waals surface area contributed by atoms with Gasteiger partial charge in [0.15, 0.2) is 0 Å². The molecule has 2 amide bonds. The predicted molar refractivity (Wildman–Crippen MR) is 112 cm³/mol. The van der Waals surface area contributed by atoms with Gasteiger partial charge < -0.3 is 20.5 Å². The van der Waals surface area contributed by atoms with E-state index in [2.05, 4.69) is 15.6 Å². The fraction of sp³-hybridized carbons (Fsp3) is 0.182. The number of aromatic amines is 1. The van der Waals surface area contributed by atoms with Crippen LogP contribution in [-0.4, -0.2) is 48.9 Å². The molecule has 6 nitrogen and oxygen atoms in total. The van der Waals surface area contributed by atoms with Gasteiger partial charge in [0.1, 0.15) is 5.70 Å². The van der Waals surface area contributed by atoms with Gasteiger partial charge in [-0.3, -0.25) is 9.59 Å². The summed E-state index contributed by atoms with van der Waals surface area (Å²) in [6.07, 6.45) is 3.52. The third-order valence-electron chi connectivity index (χ3n) is 4.29. The first-order chi connectivity index (χ1) is 13.5. The molecule has 0 aliphatic rings. The van der Waals surface area contributed by atoms with Crippen molar-refractivity contribution in [1.29, 1.82) is 0 Å². The molecular weight excluding hydrogens is 352 g/mol. The number of fused-ring (bicyclic) bond motifs is 1. The number of hydrogen-bond donors (Lipinski definition) is 3. The van der Waals surface area contributed by atoms with E-state index in [0.717, 1.165) is 16.5 Å². The molecule has 0 unspecified atom stereocenters. The molecule has 6 heteroatoms. The molecule has 0 radical (unpaired) electrons. The Kier molecular flexibility index (Phi) is 6.24. The molecule has 0 aliphatic carbocycles. The van der Waals surface area contributed by atoms with Crippen molar-refractivity contribution in [3.8, 4) is 0 Å². The minimum absolute atomic E-state index is 0.206. The average Bonchev–Trinajstić information content (AvgIpc) is 3.10. The van der Waals surface area contributed by atoms with Crippen LogP contribution in [0.15, 0.2) is 66.5 Å². The highest BCUT2D eigenvalue weighted by atomic mass is 16.2. The van der Waals surface area contributed by atoms with E-state index < -0.39 is 0 Å². The molecule has 28 heavy (non-hydrogen) atoms. The third kappa shape index (κ3) is 4.86. The average molecular weight is 376 g/mol. The van der Waals surface area contributed by atoms with E-state index in [1.54, 1.807) is 30.3 Å². The standard InChI is InChI=1S/C22H24N4O2/c1-26(2)13-12-23-22(28)20(25-21(27)16-8-4-3-5-9-16)14-17-15-24-19-11-7-6-10-18(17)19/h3-11,14-15,24H,12-13H2,1-2H3,(H,23,28)(H,25,27)/b20-14-. The Morgan fingerprint density at radius 2 is 1.75 bits per heavy atom. The highest BCUT2D eigenvalue weighted by Gasteiger charge is 2.15. The monoisotopic (exact) mass is 376 g/mol. The maximum Gasteiger partial charge on any atom is 0.267 e. The van der Waals surface area contributed by atoms with Gasteiger partial charge in [-0.25, -0.2) is 0 Å². The van der Waals surface area contributed by atoms with Crippen LogP contribution in [0.25, 0.3) is 17.0 Å². The molecule has 3 rings (SSSR count). The van der Waals surface area contributed by atoms with E-state index in [-0.39, 0.29) is 17.5 Å². The summed E-state index contributed by atoms with van der Waals surface area (Å²) < 4.78 is 0. The van der Waals surface area contributed by atoms with Crippen molar-refractivity contribution in [2.75, 3.05) is 27.2 Å². The Morgan fingerprint density at radius 1 is 1.04 bits per heavy atom. The molecular formula is C22H24N4O2. The van der Waals surface area contributed by atoms with Crippen LogP contribution in [0.5, 0.6) is 0 Å². The fourth-order valence-electron chi connectivity index (χ4n) is 2.80. The lowest BCUT2D eigenvalue weighted by atomic mass is 10.1. The Labute approximate surface area is 164 Å². The molecule has 1 heterocycles. The summed E-state index contributed by atoms with van der Waals surface area (Å²) in [5.74, 6) is -0.647. The zero-order valence-corrected chi connectivity index (χ0v) is 16.0. The number of amides is 2. The van der Waals surface area contributed by atoms with Crippen LogP contribution in [0.1, 0.15) is 15.9 Å². The summed E-state index contributed by atoms with van der Waals surface area (Å²) in [6, 6.07) is 16.7. The first kappa shape index (κ1) is 19.4. The highest BCUT2D eigenvalue weighted by Crippen LogP contribution is 2.20. The smallest absolute Gasteiger partial charge is 0.267 e. The van der Waals surface area contributed by atoms with Gasteiger partial charge >= 0.3 is 0 Å². The van der Waals surface area contributed by atoms with Crippen molar-refractivity contribution in [2.45, 2.75) is 0 Å². The quantitative estimate of drug-likeness (QED) is 0.555. The van der Waals surface area contributed by atoms with Gasteiger partial charge in [0.05, 0.1) is 0 Å². The number of aromatic nitrogens is 1. The zero-order valence-electron chi connectivity index (χ0n) is 16.0. The summed E-state index contributed by atoms with van der Waals surface area (Å²) >= 11 is 0. The number of para-hydroxylation sites is 1. The third-order valence-corrected chi connectivity index (χ3v) is 4.29. The molecule has 0 fully saturated rings. The minimum Gasteiger partial charge on any atom is -0.361 e. The van der Waals surface area contributed by atoms with Gasteiger partial charge in [0.2, 0.25) is 0 Å². The fourth-order valence-corrected chi connectivity index (χ4v) is 2.80.